The van der Waals surface area contributed by atoms with Crippen molar-refractivity contribution >= 4 is 16.8 Å². The molecular weight excluding hydrogens is 332 g/mol. The largest absolute Gasteiger partial charge is 0.496 e. The maximum atomic E-state index is 12.9. The molecule has 0 unspecified atom stereocenters. The van der Waals surface area contributed by atoms with Gasteiger partial charge in [0.15, 0.2) is 11.4 Å². The highest BCUT2D eigenvalue weighted by molar-refractivity contribution is 6.14. The van der Waals surface area contributed by atoms with Crippen LogP contribution in [-0.2, 0) is 0 Å². The first-order valence-electron chi connectivity index (χ1n) is 8.46. The van der Waals surface area contributed by atoms with Crippen LogP contribution in [0.3, 0.4) is 0 Å². The Bertz CT molecular complexity index is 1070. The van der Waals surface area contributed by atoms with Crippen LogP contribution in [0.15, 0.2) is 51.7 Å². The standard InChI is InChI=1S/C21H18O5/c1-11-12(2)25-16-10-15(24-3)18-14(13-7-5-4-6-8-13)9-17(22)26-21(18)19(16)20(11)23/h4-12H,1-3H3/t11-,12-/m0/s1. The Morgan fingerprint density at radius 2 is 1.77 bits per heavy atom. The van der Waals surface area contributed by atoms with Crippen molar-refractivity contribution in [2.24, 2.45) is 5.92 Å². The van der Waals surface area contributed by atoms with Crippen LogP contribution >= 0.6 is 0 Å². The third kappa shape index (κ3) is 2.39. The Hall–Kier alpha value is -3.08. The average Bonchev–Trinajstić information content (AvgIpc) is 2.65. The third-order valence-electron chi connectivity index (χ3n) is 4.92. The summed E-state index contributed by atoms with van der Waals surface area (Å²) in [6.07, 6.45) is -0.263. The van der Waals surface area contributed by atoms with Gasteiger partial charge >= 0.3 is 5.63 Å². The molecular formula is C21H18O5. The van der Waals surface area contributed by atoms with Crippen molar-refractivity contribution < 1.29 is 18.7 Å². The molecule has 4 rings (SSSR count). The van der Waals surface area contributed by atoms with Crippen molar-refractivity contribution in [2.75, 3.05) is 7.11 Å². The van der Waals surface area contributed by atoms with Gasteiger partial charge in [-0.25, -0.2) is 4.79 Å². The van der Waals surface area contributed by atoms with Gasteiger partial charge in [-0.05, 0) is 12.5 Å². The lowest BCUT2D eigenvalue weighted by Gasteiger charge is -2.28. The summed E-state index contributed by atoms with van der Waals surface area (Å²) >= 11 is 0. The molecule has 132 valence electrons. The molecule has 0 spiro atoms. The van der Waals surface area contributed by atoms with Gasteiger partial charge in [0.2, 0.25) is 0 Å². The smallest absolute Gasteiger partial charge is 0.336 e. The molecule has 0 saturated carbocycles. The lowest BCUT2D eigenvalue weighted by Crippen LogP contribution is -2.33. The van der Waals surface area contributed by atoms with Crippen LogP contribution in [0.4, 0.5) is 0 Å². The Morgan fingerprint density at radius 3 is 2.46 bits per heavy atom. The quantitative estimate of drug-likeness (QED) is 0.652. The van der Waals surface area contributed by atoms with E-state index in [9.17, 15) is 9.59 Å². The Balaban J connectivity index is 2.15. The molecule has 3 aromatic rings. The van der Waals surface area contributed by atoms with Crippen molar-refractivity contribution in [3.63, 3.8) is 0 Å². The fraction of sp³-hybridized carbons (Fsp3) is 0.238. The van der Waals surface area contributed by atoms with Crippen molar-refractivity contribution in [1.29, 1.82) is 0 Å². The molecule has 2 atom stereocenters. The van der Waals surface area contributed by atoms with Gasteiger partial charge in [-0.3, -0.25) is 4.79 Å². The minimum atomic E-state index is -0.522. The van der Waals surface area contributed by atoms with Crippen molar-refractivity contribution in [1.82, 2.24) is 0 Å². The molecule has 1 aromatic heterocycles. The maximum absolute atomic E-state index is 12.9. The van der Waals surface area contributed by atoms with E-state index in [2.05, 4.69) is 0 Å². The number of Topliss-reactive ketones (excluding diaryl/α,β-unsaturated/α-hetero) is 1. The first kappa shape index (κ1) is 16.4. The average molecular weight is 350 g/mol. The summed E-state index contributed by atoms with van der Waals surface area (Å²) in [6.45, 7) is 3.66. The Kier molecular flexibility index (Phi) is 3.80. The molecule has 5 nitrogen and oxygen atoms in total. The van der Waals surface area contributed by atoms with E-state index in [1.165, 1.54) is 13.2 Å². The molecule has 0 fully saturated rings. The van der Waals surface area contributed by atoms with E-state index in [0.717, 1.165) is 5.56 Å². The van der Waals surface area contributed by atoms with Crippen molar-refractivity contribution in [3.8, 4) is 22.6 Å². The second-order valence-electron chi connectivity index (χ2n) is 6.48. The first-order valence-corrected chi connectivity index (χ1v) is 8.46. The molecule has 0 saturated heterocycles. The number of carbonyl (C=O) groups is 1. The molecule has 26 heavy (non-hydrogen) atoms. The summed E-state index contributed by atoms with van der Waals surface area (Å²) in [6, 6.07) is 12.6. The fourth-order valence-corrected chi connectivity index (χ4v) is 3.37. The summed E-state index contributed by atoms with van der Waals surface area (Å²) in [5, 5.41) is 0.593. The molecule has 0 amide bonds. The van der Waals surface area contributed by atoms with E-state index in [0.29, 0.717) is 28.0 Å². The monoisotopic (exact) mass is 350 g/mol. The molecule has 0 bridgehead atoms. The normalized spacial score (nSPS) is 19.1. The van der Waals surface area contributed by atoms with E-state index < -0.39 is 5.63 Å². The number of benzene rings is 2. The van der Waals surface area contributed by atoms with Crippen LogP contribution in [0.25, 0.3) is 22.1 Å². The van der Waals surface area contributed by atoms with Gasteiger partial charge in [-0.15, -0.1) is 0 Å². The number of fused-ring (bicyclic) bond motifs is 3. The van der Waals surface area contributed by atoms with Gasteiger partial charge in [0.1, 0.15) is 23.2 Å². The zero-order valence-electron chi connectivity index (χ0n) is 14.7. The number of rotatable bonds is 2. The minimum absolute atomic E-state index is 0.0974. The topological polar surface area (TPSA) is 65.7 Å². The van der Waals surface area contributed by atoms with Crippen LogP contribution in [0.1, 0.15) is 24.2 Å². The number of ether oxygens (including phenoxy) is 2. The lowest BCUT2D eigenvalue weighted by atomic mass is 9.89. The van der Waals surface area contributed by atoms with E-state index >= 15 is 0 Å². The Morgan fingerprint density at radius 1 is 1.04 bits per heavy atom. The zero-order chi connectivity index (χ0) is 18.4. The van der Waals surface area contributed by atoms with Gasteiger partial charge in [-0.1, -0.05) is 37.3 Å². The molecule has 2 aromatic carbocycles. The lowest BCUT2D eigenvalue weighted by molar-refractivity contribution is 0.0731. The SMILES string of the molecule is COc1cc2c(c3oc(=O)cc(-c4ccccc4)c13)C(=O)[C@@H](C)[C@H](C)O2. The molecule has 5 heteroatoms. The Labute approximate surface area is 150 Å². The predicted molar refractivity (Wildman–Crippen MR) is 98.1 cm³/mol. The summed E-state index contributed by atoms with van der Waals surface area (Å²) < 4.78 is 16.9. The second kappa shape index (κ2) is 6.02. The molecule has 0 radical (unpaired) electrons. The van der Waals surface area contributed by atoms with Crippen LogP contribution in [0.2, 0.25) is 0 Å². The first-order chi connectivity index (χ1) is 12.5. The number of hydrogen-bond donors (Lipinski definition) is 0. The van der Waals surface area contributed by atoms with Gasteiger partial charge in [0.05, 0.1) is 18.4 Å². The van der Waals surface area contributed by atoms with Gasteiger partial charge in [0, 0.05) is 17.7 Å². The third-order valence-corrected chi connectivity index (χ3v) is 4.92. The van der Waals surface area contributed by atoms with E-state index in [1.807, 2.05) is 44.2 Å². The summed E-state index contributed by atoms with van der Waals surface area (Å²) in [5.41, 5.74) is 1.51. The highest BCUT2D eigenvalue weighted by Gasteiger charge is 2.35. The van der Waals surface area contributed by atoms with E-state index in [4.69, 9.17) is 13.9 Å². The molecule has 1 aliphatic heterocycles. The van der Waals surface area contributed by atoms with Crippen LogP contribution < -0.4 is 15.1 Å². The molecule has 2 heterocycles. The van der Waals surface area contributed by atoms with E-state index in [-0.39, 0.29) is 23.4 Å². The zero-order valence-corrected chi connectivity index (χ0v) is 14.7. The highest BCUT2D eigenvalue weighted by Crippen LogP contribution is 2.43. The van der Waals surface area contributed by atoms with Gasteiger partial charge < -0.3 is 13.9 Å². The number of ketones is 1. The summed E-state index contributed by atoms with van der Waals surface area (Å²) in [7, 11) is 1.54. The van der Waals surface area contributed by atoms with Gasteiger partial charge in [0.25, 0.3) is 0 Å². The maximum Gasteiger partial charge on any atom is 0.336 e. The van der Waals surface area contributed by atoms with Crippen molar-refractivity contribution in [3.05, 3.63) is 58.4 Å². The fourth-order valence-electron chi connectivity index (χ4n) is 3.37. The van der Waals surface area contributed by atoms with Crippen LogP contribution in [0.5, 0.6) is 11.5 Å². The molecule has 0 N–H and O–H groups in total. The number of methoxy groups -OCH3 is 1. The minimum Gasteiger partial charge on any atom is -0.496 e. The number of hydrogen-bond acceptors (Lipinski definition) is 5. The second-order valence-corrected chi connectivity index (χ2v) is 6.48. The van der Waals surface area contributed by atoms with Crippen LogP contribution in [-0.4, -0.2) is 19.0 Å². The number of carbonyl (C=O) groups excluding carboxylic acids is 1. The predicted octanol–water partition coefficient (Wildman–Crippen LogP) is 4.07. The summed E-state index contributed by atoms with van der Waals surface area (Å²) in [5.74, 6) is 0.457. The van der Waals surface area contributed by atoms with Crippen molar-refractivity contribution in [2.45, 2.75) is 20.0 Å². The molecule has 1 aliphatic rings. The highest BCUT2D eigenvalue weighted by atomic mass is 16.5. The molecule has 0 aliphatic carbocycles. The summed E-state index contributed by atoms with van der Waals surface area (Å²) in [4.78, 5) is 25.2. The van der Waals surface area contributed by atoms with Gasteiger partial charge in [-0.2, -0.15) is 0 Å². The van der Waals surface area contributed by atoms with E-state index in [1.54, 1.807) is 6.07 Å². The van der Waals surface area contributed by atoms with Crippen LogP contribution in [0, 0.1) is 5.92 Å².